The van der Waals surface area contributed by atoms with Crippen molar-refractivity contribution in [3.05, 3.63) is 29.8 Å². The topological polar surface area (TPSA) is 41.5 Å². The van der Waals surface area contributed by atoms with E-state index in [2.05, 4.69) is 25.2 Å². The average Bonchev–Trinajstić information content (AvgIpc) is 2.53. The van der Waals surface area contributed by atoms with Crippen molar-refractivity contribution in [3.63, 3.8) is 0 Å². The van der Waals surface area contributed by atoms with Gasteiger partial charge in [0, 0.05) is 18.2 Å². The minimum atomic E-state index is 0.159. The third-order valence-electron chi connectivity index (χ3n) is 3.77. The lowest BCUT2D eigenvalue weighted by molar-refractivity contribution is 0.237. The zero-order chi connectivity index (χ0) is 15.3. The molecule has 3 heteroatoms. The summed E-state index contributed by atoms with van der Waals surface area (Å²) in [5.41, 5.74) is 1.16. The van der Waals surface area contributed by atoms with Gasteiger partial charge in [-0.3, -0.25) is 0 Å². The summed E-state index contributed by atoms with van der Waals surface area (Å²) in [7, 11) is 0. The smallest absolute Gasteiger partial charge is 0.123 e. The summed E-state index contributed by atoms with van der Waals surface area (Å²) in [5, 5.41) is 12.6. The van der Waals surface area contributed by atoms with Crippen LogP contribution in [0.4, 0.5) is 0 Å². The van der Waals surface area contributed by atoms with Crippen LogP contribution in [0.3, 0.4) is 0 Å². The number of rotatable bonds is 12. The Morgan fingerprint density at radius 3 is 2.57 bits per heavy atom. The standard InChI is InChI=1S/C18H31NO2/c1-3-5-6-7-10-13-21-18-12-9-8-11-16(18)14-19-17(4-2)15-20/h8-9,11-12,17,19-20H,3-7,10,13-15H2,1-2H3. The predicted molar refractivity (Wildman–Crippen MR) is 88.7 cm³/mol. The number of aliphatic hydroxyl groups excluding tert-OH is 1. The van der Waals surface area contributed by atoms with Crippen LogP contribution in [-0.2, 0) is 6.54 Å². The molecule has 2 N–H and O–H groups in total. The zero-order valence-corrected chi connectivity index (χ0v) is 13.6. The van der Waals surface area contributed by atoms with Gasteiger partial charge < -0.3 is 15.2 Å². The van der Waals surface area contributed by atoms with Gasteiger partial charge in [-0.25, -0.2) is 0 Å². The fourth-order valence-electron chi connectivity index (χ4n) is 2.27. The molecule has 0 spiro atoms. The molecule has 0 aliphatic carbocycles. The molecule has 21 heavy (non-hydrogen) atoms. The molecule has 1 atom stereocenters. The van der Waals surface area contributed by atoms with Crippen molar-refractivity contribution in [2.75, 3.05) is 13.2 Å². The lowest BCUT2D eigenvalue weighted by Crippen LogP contribution is -2.31. The maximum absolute atomic E-state index is 9.22. The summed E-state index contributed by atoms with van der Waals surface area (Å²) < 4.78 is 5.91. The van der Waals surface area contributed by atoms with Gasteiger partial charge >= 0.3 is 0 Å². The van der Waals surface area contributed by atoms with Gasteiger partial charge in [-0.2, -0.15) is 0 Å². The summed E-state index contributed by atoms with van der Waals surface area (Å²) in [5.74, 6) is 0.966. The minimum Gasteiger partial charge on any atom is -0.493 e. The number of hydrogen-bond acceptors (Lipinski definition) is 3. The highest BCUT2D eigenvalue weighted by Crippen LogP contribution is 2.18. The van der Waals surface area contributed by atoms with Gasteiger partial charge in [-0.1, -0.05) is 57.7 Å². The molecule has 0 saturated heterocycles. The molecule has 0 aromatic heterocycles. The molecule has 1 unspecified atom stereocenters. The van der Waals surface area contributed by atoms with E-state index in [0.717, 1.165) is 37.3 Å². The van der Waals surface area contributed by atoms with Gasteiger partial charge in [0.15, 0.2) is 0 Å². The van der Waals surface area contributed by atoms with Crippen molar-refractivity contribution in [2.24, 2.45) is 0 Å². The summed E-state index contributed by atoms with van der Waals surface area (Å²) in [4.78, 5) is 0. The van der Waals surface area contributed by atoms with Crippen molar-refractivity contribution in [2.45, 2.75) is 65.0 Å². The van der Waals surface area contributed by atoms with Crippen LogP contribution in [-0.4, -0.2) is 24.4 Å². The Labute approximate surface area is 129 Å². The molecule has 0 aliphatic heterocycles. The molecule has 0 amide bonds. The Kier molecular flexibility index (Phi) is 9.92. The zero-order valence-electron chi connectivity index (χ0n) is 13.6. The third kappa shape index (κ3) is 7.49. The second kappa shape index (κ2) is 11.6. The quantitative estimate of drug-likeness (QED) is 0.574. The van der Waals surface area contributed by atoms with Crippen LogP contribution in [0, 0.1) is 0 Å². The number of ether oxygens (including phenoxy) is 1. The second-order valence-electron chi connectivity index (χ2n) is 5.54. The fourth-order valence-corrected chi connectivity index (χ4v) is 2.27. The molecular formula is C18H31NO2. The molecule has 120 valence electrons. The SMILES string of the molecule is CCCCCCCOc1ccccc1CNC(CC)CO. The minimum absolute atomic E-state index is 0.159. The second-order valence-corrected chi connectivity index (χ2v) is 5.54. The average molecular weight is 293 g/mol. The van der Waals surface area contributed by atoms with Crippen molar-refractivity contribution in [3.8, 4) is 5.75 Å². The lowest BCUT2D eigenvalue weighted by atomic mass is 10.1. The first-order chi connectivity index (χ1) is 10.3. The molecule has 1 aromatic carbocycles. The van der Waals surface area contributed by atoms with E-state index < -0.39 is 0 Å². The molecule has 0 radical (unpaired) electrons. The first kappa shape index (κ1) is 18.0. The van der Waals surface area contributed by atoms with Crippen LogP contribution >= 0.6 is 0 Å². The van der Waals surface area contributed by atoms with E-state index >= 15 is 0 Å². The number of benzene rings is 1. The Hall–Kier alpha value is -1.06. The Morgan fingerprint density at radius 1 is 1.10 bits per heavy atom. The third-order valence-corrected chi connectivity index (χ3v) is 3.77. The monoisotopic (exact) mass is 293 g/mol. The maximum atomic E-state index is 9.22. The van der Waals surface area contributed by atoms with Crippen molar-refractivity contribution < 1.29 is 9.84 Å². The number of para-hydroxylation sites is 1. The summed E-state index contributed by atoms with van der Waals surface area (Å²) in [6, 6.07) is 8.32. The molecule has 0 heterocycles. The van der Waals surface area contributed by atoms with Crippen LogP contribution < -0.4 is 10.1 Å². The molecule has 1 aromatic rings. The first-order valence-electron chi connectivity index (χ1n) is 8.36. The first-order valence-corrected chi connectivity index (χ1v) is 8.36. The van der Waals surface area contributed by atoms with Gasteiger partial charge in [0.1, 0.15) is 5.75 Å². The highest BCUT2D eigenvalue weighted by atomic mass is 16.5. The van der Waals surface area contributed by atoms with Crippen molar-refractivity contribution in [1.82, 2.24) is 5.32 Å². The number of aliphatic hydroxyl groups is 1. The van der Waals surface area contributed by atoms with Crippen LogP contribution in [0.1, 0.15) is 57.9 Å². The molecule has 3 nitrogen and oxygen atoms in total. The van der Waals surface area contributed by atoms with Crippen molar-refractivity contribution >= 4 is 0 Å². The predicted octanol–water partition coefficient (Wildman–Crippen LogP) is 3.90. The van der Waals surface area contributed by atoms with Crippen LogP contribution in [0.2, 0.25) is 0 Å². The van der Waals surface area contributed by atoms with Crippen LogP contribution in [0.25, 0.3) is 0 Å². The highest BCUT2D eigenvalue weighted by molar-refractivity contribution is 5.33. The summed E-state index contributed by atoms with van der Waals surface area (Å²) in [6.45, 7) is 6.02. The van der Waals surface area contributed by atoms with Crippen LogP contribution in [0.5, 0.6) is 5.75 Å². The number of hydrogen-bond donors (Lipinski definition) is 2. The van der Waals surface area contributed by atoms with Crippen molar-refractivity contribution in [1.29, 1.82) is 0 Å². The summed E-state index contributed by atoms with van der Waals surface area (Å²) >= 11 is 0. The van der Waals surface area contributed by atoms with E-state index in [1.807, 2.05) is 18.2 Å². The normalized spacial score (nSPS) is 12.3. The Morgan fingerprint density at radius 2 is 1.86 bits per heavy atom. The van der Waals surface area contributed by atoms with E-state index in [0.29, 0.717) is 0 Å². The van der Waals surface area contributed by atoms with Gasteiger partial charge in [0.2, 0.25) is 0 Å². The number of unbranched alkanes of at least 4 members (excludes halogenated alkanes) is 4. The Bertz CT molecular complexity index is 364. The van der Waals surface area contributed by atoms with Gasteiger partial charge in [0.25, 0.3) is 0 Å². The molecular weight excluding hydrogens is 262 g/mol. The highest BCUT2D eigenvalue weighted by Gasteiger charge is 2.07. The van der Waals surface area contributed by atoms with E-state index in [-0.39, 0.29) is 12.6 Å². The molecule has 0 aliphatic rings. The Balaban J connectivity index is 2.36. The molecule has 0 bridgehead atoms. The molecule has 1 rings (SSSR count). The maximum Gasteiger partial charge on any atom is 0.123 e. The van der Waals surface area contributed by atoms with Gasteiger partial charge in [-0.15, -0.1) is 0 Å². The molecule has 0 fully saturated rings. The number of nitrogens with one attached hydrogen (secondary N) is 1. The van der Waals surface area contributed by atoms with Gasteiger partial charge in [-0.05, 0) is 18.9 Å². The fraction of sp³-hybridized carbons (Fsp3) is 0.667. The van der Waals surface area contributed by atoms with Gasteiger partial charge in [0.05, 0.1) is 13.2 Å². The molecule has 0 saturated carbocycles. The van der Waals surface area contributed by atoms with E-state index in [4.69, 9.17) is 4.74 Å². The van der Waals surface area contributed by atoms with E-state index in [1.54, 1.807) is 0 Å². The van der Waals surface area contributed by atoms with Crippen LogP contribution in [0.15, 0.2) is 24.3 Å². The van der Waals surface area contributed by atoms with E-state index in [1.165, 1.54) is 25.7 Å². The largest absolute Gasteiger partial charge is 0.493 e. The van der Waals surface area contributed by atoms with E-state index in [9.17, 15) is 5.11 Å². The summed E-state index contributed by atoms with van der Waals surface area (Å²) in [6.07, 6.45) is 7.19. The lowest BCUT2D eigenvalue weighted by Gasteiger charge is -2.16.